The van der Waals surface area contributed by atoms with E-state index >= 15 is 0 Å². The first-order valence-electron chi connectivity index (χ1n) is 9.95. The largest absolute Gasteiger partial charge is 0.491 e. The molecule has 31 heavy (non-hydrogen) atoms. The van der Waals surface area contributed by atoms with Crippen molar-refractivity contribution in [1.82, 2.24) is 9.62 Å². The van der Waals surface area contributed by atoms with Gasteiger partial charge in [-0.2, -0.15) is 4.31 Å². The average Bonchev–Trinajstić information content (AvgIpc) is 2.79. The highest BCUT2D eigenvalue weighted by molar-refractivity contribution is 7.89. The van der Waals surface area contributed by atoms with Crippen molar-refractivity contribution in [2.24, 2.45) is 0 Å². The Morgan fingerprint density at radius 1 is 0.935 bits per heavy atom. The van der Waals surface area contributed by atoms with E-state index in [0.29, 0.717) is 12.2 Å². The molecule has 0 aliphatic heterocycles. The number of para-hydroxylation sites is 1. The second-order valence-electron chi connectivity index (χ2n) is 7.27. The molecule has 0 aliphatic carbocycles. The number of rotatable bonds is 9. The maximum absolute atomic E-state index is 12.6. The van der Waals surface area contributed by atoms with Gasteiger partial charge in [0.25, 0.3) is 5.91 Å². The summed E-state index contributed by atoms with van der Waals surface area (Å²) in [5, 5.41) is 2.90. The summed E-state index contributed by atoms with van der Waals surface area (Å²) >= 11 is 0. The molecule has 0 aromatic heterocycles. The molecule has 0 saturated heterocycles. The fraction of sp³-hybridized carbons (Fsp3) is 0.208. The van der Waals surface area contributed by atoms with Gasteiger partial charge < -0.3 is 10.1 Å². The van der Waals surface area contributed by atoms with E-state index in [1.807, 2.05) is 37.3 Å². The minimum atomic E-state index is -3.57. The van der Waals surface area contributed by atoms with Crippen molar-refractivity contribution in [3.8, 4) is 5.75 Å². The van der Waals surface area contributed by atoms with Gasteiger partial charge in [0.1, 0.15) is 12.4 Å². The third-order valence-electron chi connectivity index (χ3n) is 4.69. The van der Waals surface area contributed by atoms with Crippen molar-refractivity contribution in [2.45, 2.75) is 24.4 Å². The van der Waals surface area contributed by atoms with Crippen molar-refractivity contribution < 1.29 is 17.9 Å². The predicted octanol–water partition coefficient (Wildman–Crippen LogP) is 3.70. The molecule has 3 aromatic carbocycles. The Hall–Kier alpha value is -3.16. The summed E-state index contributed by atoms with van der Waals surface area (Å²) in [6.07, 6.45) is 0. The molecule has 7 heteroatoms. The Morgan fingerprint density at radius 2 is 1.52 bits per heavy atom. The summed E-state index contributed by atoms with van der Waals surface area (Å²) in [7, 11) is -2.03. The molecule has 1 amide bonds. The Bertz CT molecular complexity index is 1090. The molecule has 162 valence electrons. The zero-order valence-electron chi connectivity index (χ0n) is 17.6. The molecule has 6 nitrogen and oxygen atoms in total. The number of ether oxygens (including phenoxy) is 1. The number of sulfonamides is 1. The van der Waals surface area contributed by atoms with Crippen molar-refractivity contribution >= 4 is 15.9 Å². The van der Waals surface area contributed by atoms with E-state index in [2.05, 4.69) is 5.32 Å². The van der Waals surface area contributed by atoms with Crippen LogP contribution in [-0.2, 0) is 16.6 Å². The lowest BCUT2D eigenvalue weighted by molar-refractivity contribution is 0.0926. The Morgan fingerprint density at radius 3 is 2.13 bits per heavy atom. The monoisotopic (exact) mass is 438 g/mol. The number of amides is 1. The molecule has 0 unspecified atom stereocenters. The number of carbonyl (C=O) groups is 1. The molecular weight excluding hydrogens is 412 g/mol. The van der Waals surface area contributed by atoms with E-state index in [1.165, 1.54) is 11.4 Å². The second-order valence-corrected chi connectivity index (χ2v) is 9.31. The van der Waals surface area contributed by atoms with Crippen LogP contribution in [0.5, 0.6) is 5.75 Å². The van der Waals surface area contributed by atoms with E-state index in [4.69, 9.17) is 4.74 Å². The molecule has 3 rings (SSSR count). The van der Waals surface area contributed by atoms with Gasteiger partial charge >= 0.3 is 0 Å². The van der Waals surface area contributed by atoms with Crippen molar-refractivity contribution in [3.05, 3.63) is 96.1 Å². The summed E-state index contributed by atoms with van der Waals surface area (Å²) in [5.74, 6) is 0.545. The van der Waals surface area contributed by atoms with Crippen molar-refractivity contribution in [1.29, 1.82) is 0 Å². The van der Waals surface area contributed by atoms with Gasteiger partial charge in [-0.1, -0.05) is 48.5 Å². The van der Waals surface area contributed by atoms with Crippen molar-refractivity contribution in [3.63, 3.8) is 0 Å². The van der Waals surface area contributed by atoms with Gasteiger partial charge in [-0.05, 0) is 48.9 Å². The van der Waals surface area contributed by atoms with Crippen LogP contribution in [0.3, 0.4) is 0 Å². The maximum Gasteiger partial charge on any atom is 0.251 e. The van der Waals surface area contributed by atoms with Gasteiger partial charge in [-0.15, -0.1) is 0 Å². The van der Waals surface area contributed by atoms with Crippen LogP contribution in [0.15, 0.2) is 89.8 Å². The first kappa shape index (κ1) is 22.5. The third kappa shape index (κ3) is 6.16. The molecule has 3 aromatic rings. The number of carbonyl (C=O) groups excluding carboxylic acids is 1. The molecule has 0 bridgehead atoms. The van der Waals surface area contributed by atoms with E-state index in [1.54, 1.807) is 54.6 Å². The molecule has 0 fully saturated rings. The minimum absolute atomic E-state index is 0.172. The summed E-state index contributed by atoms with van der Waals surface area (Å²) < 4.78 is 32.2. The van der Waals surface area contributed by atoms with Crippen LogP contribution in [0.1, 0.15) is 22.8 Å². The second kappa shape index (κ2) is 10.2. The van der Waals surface area contributed by atoms with Gasteiger partial charge in [-0.25, -0.2) is 8.42 Å². The summed E-state index contributed by atoms with van der Waals surface area (Å²) in [6.45, 7) is 2.44. The molecular formula is C24H26N2O4S. The standard InChI is InChI=1S/C24H26N2O4S/c1-19(18-30-22-9-5-3-6-10-22)25-24(27)21-15-13-20(14-16-21)17-26(2)31(28,29)23-11-7-4-8-12-23/h3-16,19H,17-18H2,1-2H3,(H,25,27)/t19-/m1/s1. The van der Waals surface area contributed by atoms with Crippen LogP contribution < -0.4 is 10.1 Å². The fourth-order valence-electron chi connectivity index (χ4n) is 2.96. The topological polar surface area (TPSA) is 75.7 Å². The summed E-state index contributed by atoms with van der Waals surface area (Å²) in [4.78, 5) is 12.7. The lowest BCUT2D eigenvalue weighted by Gasteiger charge is -2.18. The third-order valence-corrected chi connectivity index (χ3v) is 6.51. The SMILES string of the molecule is C[C@H](COc1ccccc1)NC(=O)c1ccc(CN(C)S(=O)(=O)c2ccccc2)cc1. The molecule has 0 heterocycles. The number of nitrogens with one attached hydrogen (secondary N) is 1. The number of nitrogens with zero attached hydrogens (tertiary/aromatic N) is 1. The Kier molecular flexibility index (Phi) is 7.44. The van der Waals surface area contributed by atoms with Gasteiger partial charge in [0, 0.05) is 19.2 Å². The molecule has 1 atom stereocenters. The Labute approximate surface area is 183 Å². The lowest BCUT2D eigenvalue weighted by Crippen LogP contribution is -2.36. The normalized spacial score (nSPS) is 12.4. The quantitative estimate of drug-likeness (QED) is 0.553. The molecule has 0 radical (unpaired) electrons. The van der Waals surface area contributed by atoms with Gasteiger partial charge in [0.05, 0.1) is 10.9 Å². The van der Waals surface area contributed by atoms with E-state index in [9.17, 15) is 13.2 Å². The minimum Gasteiger partial charge on any atom is -0.491 e. The van der Waals surface area contributed by atoms with Crippen LogP contribution in [0.2, 0.25) is 0 Å². The highest BCUT2D eigenvalue weighted by atomic mass is 32.2. The number of hydrogen-bond donors (Lipinski definition) is 1. The maximum atomic E-state index is 12.6. The molecule has 0 spiro atoms. The fourth-order valence-corrected chi connectivity index (χ4v) is 4.14. The van der Waals surface area contributed by atoms with Crippen LogP contribution >= 0.6 is 0 Å². The Balaban J connectivity index is 1.55. The molecule has 0 saturated carbocycles. The van der Waals surface area contributed by atoms with Crippen molar-refractivity contribution in [2.75, 3.05) is 13.7 Å². The summed E-state index contributed by atoms with van der Waals surface area (Å²) in [6, 6.07) is 24.5. The lowest BCUT2D eigenvalue weighted by atomic mass is 10.1. The zero-order valence-corrected chi connectivity index (χ0v) is 18.4. The highest BCUT2D eigenvalue weighted by Crippen LogP contribution is 2.17. The molecule has 1 N–H and O–H groups in total. The van der Waals surface area contributed by atoms with Crippen LogP contribution in [0, 0.1) is 0 Å². The van der Waals surface area contributed by atoms with Gasteiger partial charge in [0.15, 0.2) is 0 Å². The van der Waals surface area contributed by atoms with Gasteiger partial charge in [-0.3, -0.25) is 4.79 Å². The summed E-state index contributed by atoms with van der Waals surface area (Å²) in [5.41, 5.74) is 1.29. The predicted molar refractivity (Wildman–Crippen MR) is 120 cm³/mol. The first-order valence-corrected chi connectivity index (χ1v) is 11.4. The zero-order chi connectivity index (χ0) is 22.3. The first-order chi connectivity index (χ1) is 14.9. The van der Waals surface area contributed by atoms with Gasteiger partial charge in [0.2, 0.25) is 10.0 Å². The van der Waals surface area contributed by atoms with Crippen LogP contribution in [0.25, 0.3) is 0 Å². The number of benzene rings is 3. The van der Waals surface area contributed by atoms with Crippen LogP contribution in [-0.4, -0.2) is 38.3 Å². The average molecular weight is 439 g/mol. The van der Waals surface area contributed by atoms with E-state index in [0.717, 1.165) is 11.3 Å². The smallest absolute Gasteiger partial charge is 0.251 e. The van der Waals surface area contributed by atoms with E-state index < -0.39 is 10.0 Å². The number of hydrogen-bond acceptors (Lipinski definition) is 4. The highest BCUT2D eigenvalue weighted by Gasteiger charge is 2.20. The van der Waals surface area contributed by atoms with Crippen LogP contribution in [0.4, 0.5) is 0 Å². The molecule has 0 aliphatic rings. The van der Waals surface area contributed by atoms with E-state index in [-0.39, 0.29) is 23.4 Å².